The highest BCUT2D eigenvalue weighted by Crippen LogP contribution is 2.35. The Morgan fingerprint density at radius 2 is 2.00 bits per heavy atom. The number of benzene rings is 1. The van der Waals surface area contributed by atoms with E-state index in [0.29, 0.717) is 17.9 Å². The summed E-state index contributed by atoms with van der Waals surface area (Å²) in [5.41, 5.74) is 1.99. The molecule has 0 aromatic heterocycles. The van der Waals surface area contributed by atoms with Gasteiger partial charge in [0.05, 0.1) is 7.11 Å². The Balaban J connectivity index is 1.76. The number of hydrogen-bond acceptors (Lipinski definition) is 5. The van der Waals surface area contributed by atoms with Crippen molar-refractivity contribution in [3.63, 3.8) is 0 Å². The molecule has 2 aliphatic heterocycles. The highest BCUT2D eigenvalue weighted by molar-refractivity contribution is 6.02. The first-order valence-corrected chi connectivity index (χ1v) is 7.39. The van der Waals surface area contributed by atoms with Crippen LogP contribution in [0.3, 0.4) is 0 Å². The predicted molar refractivity (Wildman–Crippen MR) is 83.5 cm³/mol. The van der Waals surface area contributed by atoms with Crippen LogP contribution in [0.1, 0.15) is 19.4 Å². The summed E-state index contributed by atoms with van der Waals surface area (Å²) in [5, 5.41) is 0. The first-order valence-electron chi connectivity index (χ1n) is 7.39. The number of allylic oxidation sites excluding steroid dienone is 1. The van der Waals surface area contributed by atoms with Crippen LogP contribution >= 0.6 is 0 Å². The van der Waals surface area contributed by atoms with Gasteiger partial charge in [-0.25, -0.2) is 9.79 Å². The molecule has 2 aliphatic rings. The van der Waals surface area contributed by atoms with E-state index >= 15 is 0 Å². The number of carbonyl (C=O) groups is 2. The number of hydrogen-bond donors (Lipinski definition) is 0. The van der Waals surface area contributed by atoms with E-state index in [9.17, 15) is 9.59 Å². The van der Waals surface area contributed by atoms with Gasteiger partial charge >= 0.3 is 5.97 Å². The fourth-order valence-corrected chi connectivity index (χ4v) is 2.75. The van der Waals surface area contributed by atoms with E-state index < -0.39 is 18.2 Å². The molecule has 0 saturated carbocycles. The average Bonchev–Trinajstić information content (AvgIpc) is 2.91. The maximum Gasteiger partial charge on any atom is 0.354 e. The van der Waals surface area contributed by atoms with Crippen LogP contribution < -0.4 is 0 Å². The lowest BCUT2D eigenvalue weighted by Gasteiger charge is -2.40. The number of ether oxygens (including phenoxy) is 2. The molecular weight excluding hydrogens is 296 g/mol. The lowest BCUT2D eigenvalue weighted by atomic mass is 10.0. The third-order valence-electron chi connectivity index (χ3n) is 3.85. The Kier molecular flexibility index (Phi) is 3.90. The summed E-state index contributed by atoms with van der Waals surface area (Å²) in [5.74, 6) is -0.267. The third-order valence-corrected chi connectivity index (χ3v) is 3.85. The van der Waals surface area contributed by atoms with Crippen LogP contribution in [-0.2, 0) is 25.5 Å². The molecule has 120 valence electrons. The zero-order chi connectivity index (χ0) is 16.6. The van der Waals surface area contributed by atoms with E-state index in [-0.39, 0.29) is 11.6 Å². The molecule has 2 atom stereocenters. The molecular formula is C17H18N2O4. The number of β-lactam (4-membered cyclic amide) rings is 1. The quantitative estimate of drug-likeness (QED) is 0.481. The number of esters is 1. The number of fused-ring (bicyclic) bond motifs is 1. The van der Waals surface area contributed by atoms with Crippen molar-refractivity contribution in [1.29, 1.82) is 0 Å². The smallest absolute Gasteiger partial charge is 0.354 e. The van der Waals surface area contributed by atoms with Crippen molar-refractivity contribution in [1.82, 2.24) is 4.90 Å². The van der Waals surface area contributed by atoms with Gasteiger partial charge in [-0.2, -0.15) is 0 Å². The Morgan fingerprint density at radius 1 is 1.30 bits per heavy atom. The zero-order valence-corrected chi connectivity index (χ0v) is 13.3. The lowest BCUT2D eigenvalue weighted by Crippen LogP contribution is -2.63. The Labute approximate surface area is 134 Å². The van der Waals surface area contributed by atoms with E-state index in [0.717, 1.165) is 5.56 Å². The van der Waals surface area contributed by atoms with E-state index in [1.165, 1.54) is 12.0 Å². The van der Waals surface area contributed by atoms with Crippen LogP contribution in [0.5, 0.6) is 0 Å². The molecule has 23 heavy (non-hydrogen) atoms. The molecule has 1 fully saturated rings. The van der Waals surface area contributed by atoms with E-state index in [1.54, 1.807) is 13.8 Å². The Morgan fingerprint density at radius 3 is 2.61 bits per heavy atom. The van der Waals surface area contributed by atoms with Crippen molar-refractivity contribution in [3.05, 3.63) is 47.2 Å². The van der Waals surface area contributed by atoms with Crippen molar-refractivity contribution >= 4 is 17.8 Å². The minimum Gasteiger partial charge on any atom is -0.464 e. The predicted octanol–water partition coefficient (Wildman–Crippen LogP) is 1.66. The fraction of sp³-hybridized carbons (Fsp3) is 0.353. The first-order chi connectivity index (χ1) is 11.0. The van der Waals surface area contributed by atoms with Crippen molar-refractivity contribution in [2.45, 2.75) is 32.5 Å². The number of rotatable bonds is 4. The average molecular weight is 314 g/mol. The van der Waals surface area contributed by atoms with Crippen LogP contribution in [0.4, 0.5) is 0 Å². The second kappa shape index (κ2) is 5.87. The first kappa shape index (κ1) is 15.3. The van der Waals surface area contributed by atoms with Crippen molar-refractivity contribution in [2.24, 2.45) is 4.99 Å². The minimum absolute atomic E-state index is 0.231. The standard InChI is InChI=1S/C17H18N2O4/c1-10(2)14(17(21)22-3)19-15(20)13-16(19)23-12(18-13)9-11-7-5-4-6-8-11/h4-8,13,16H,9H2,1-3H3. The Bertz CT molecular complexity index is 705. The molecule has 2 heterocycles. The van der Waals surface area contributed by atoms with Crippen molar-refractivity contribution in [3.8, 4) is 0 Å². The summed E-state index contributed by atoms with van der Waals surface area (Å²) in [4.78, 5) is 29.9. The third kappa shape index (κ3) is 2.60. The molecule has 1 aromatic carbocycles. The van der Waals surface area contributed by atoms with Gasteiger partial charge in [0.1, 0.15) is 5.70 Å². The van der Waals surface area contributed by atoms with Crippen LogP contribution in [0, 0.1) is 0 Å². The van der Waals surface area contributed by atoms with Gasteiger partial charge in [-0.05, 0) is 25.0 Å². The molecule has 0 bridgehead atoms. The van der Waals surface area contributed by atoms with E-state index in [1.807, 2.05) is 30.3 Å². The summed E-state index contributed by atoms with van der Waals surface area (Å²) in [7, 11) is 1.29. The molecule has 0 radical (unpaired) electrons. The molecule has 0 spiro atoms. The van der Waals surface area contributed by atoms with Gasteiger partial charge in [0.15, 0.2) is 11.9 Å². The normalized spacial score (nSPS) is 21.8. The summed E-state index contributed by atoms with van der Waals surface area (Å²) < 4.78 is 10.6. The fourth-order valence-electron chi connectivity index (χ4n) is 2.75. The van der Waals surface area contributed by atoms with Gasteiger partial charge in [-0.3, -0.25) is 9.69 Å². The number of likely N-dealkylation sites (tertiary alicyclic amines) is 1. The van der Waals surface area contributed by atoms with E-state index in [4.69, 9.17) is 9.47 Å². The van der Waals surface area contributed by atoms with Gasteiger partial charge in [0.2, 0.25) is 6.23 Å². The minimum atomic E-state index is -0.562. The second-order valence-corrected chi connectivity index (χ2v) is 5.69. The molecule has 0 N–H and O–H groups in total. The highest BCUT2D eigenvalue weighted by Gasteiger charge is 2.56. The molecule has 1 saturated heterocycles. The van der Waals surface area contributed by atoms with Gasteiger partial charge in [-0.1, -0.05) is 30.3 Å². The largest absolute Gasteiger partial charge is 0.464 e. The molecule has 3 rings (SSSR count). The number of amides is 1. The lowest BCUT2D eigenvalue weighted by molar-refractivity contribution is -0.163. The van der Waals surface area contributed by atoms with Gasteiger partial charge in [-0.15, -0.1) is 0 Å². The van der Waals surface area contributed by atoms with Crippen LogP contribution in [-0.4, -0.2) is 42.1 Å². The summed E-state index contributed by atoms with van der Waals surface area (Å²) in [6, 6.07) is 9.20. The molecule has 2 unspecified atom stereocenters. The highest BCUT2D eigenvalue weighted by atomic mass is 16.5. The Hall–Kier alpha value is -2.63. The maximum atomic E-state index is 12.3. The van der Waals surface area contributed by atoms with Gasteiger partial charge in [0, 0.05) is 6.42 Å². The van der Waals surface area contributed by atoms with Crippen LogP contribution in [0.15, 0.2) is 46.6 Å². The number of aliphatic imine (C=N–C) groups is 1. The SMILES string of the molecule is COC(=O)C(=C(C)C)N1C(=O)C2N=C(Cc3ccccc3)OC21. The van der Waals surface area contributed by atoms with Crippen LogP contribution in [0.2, 0.25) is 0 Å². The summed E-state index contributed by atoms with van der Waals surface area (Å²) >= 11 is 0. The van der Waals surface area contributed by atoms with Gasteiger partial charge < -0.3 is 9.47 Å². The number of nitrogens with zero attached hydrogens (tertiary/aromatic N) is 2. The number of methoxy groups -OCH3 is 1. The van der Waals surface area contributed by atoms with Crippen LogP contribution in [0.25, 0.3) is 0 Å². The molecule has 6 heteroatoms. The molecule has 1 amide bonds. The monoisotopic (exact) mass is 314 g/mol. The summed E-state index contributed by atoms with van der Waals surface area (Å²) in [6.45, 7) is 3.51. The molecule has 6 nitrogen and oxygen atoms in total. The van der Waals surface area contributed by atoms with Crippen molar-refractivity contribution < 1.29 is 19.1 Å². The van der Waals surface area contributed by atoms with E-state index in [2.05, 4.69) is 4.99 Å². The zero-order valence-electron chi connectivity index (χ0n) is 13.3. The molecule has 0 aliphatic carbocycles. The number of carbonyl (C=O) groups excluding carboxylic acids is 2. The summed E-state index contributed by atoms with van der Waals surface area (Å²) in [6.07, 6.45) is -0.0256. The second-order valence-electron chi connectivity index (χ2n) is 5.69. The maximum absolute atomic E-state index is 12.3. The topological polar surface area (TPSA) is 68.2 Å². The molecule has 1 aromatic rings. The van der Waals surface area contributed by atoms with Gasteiger partial charge in [0.25, 0.3) is 5.91 Å². The van der Waals surface area contributed by atoms with Crippen molar-refractivity contribution in [2.75, 3.05) is 7.11 Å².